The van der Waals surface area contributed by atoms with Crippen LogP contribution in [0.2, 0.25) is 0 Å². The number of H-pyrrole nitrogens is 1. The molecule has 0 bridgehead atoms. The summed E-state index contributed by atoms with van der Waals surface area (Å²) >= 11 is 0. The second kappa shape index (κ2) is 7.98. The molecule has 0 aliphatic carbocycles. The van der Waals surface area contributed by atoms with E-state index in [1.54, 1.807) is 18.1 Å². The molecule has 1 aromatic heterocycles. The molecular weight excluding hydrogens is 322 g/mol. The predicted octanol–water partition coefficient (Wildman–Crippen LogP) is 2.51. The lowest BCUT2D eigenvalue weighted by Crippen LogP contribution is -2.34. The molecule has 2 heterocycles. The van der Waals surface area contributed by atoms with E-state index < -0.39 is 0 Å². The van der Waals surface area contributed by atoms with Crippen molar-refractivity contribution >= 4 is 11.7 Å². The maximum atomic E-state index is 12.7. The minimum absolute atomic E-state index is 0.0916. The fraction of sp³-hybridized carbons (Fsp3) is 0.471. The Bertz CT molecular complexity index is 718. The number of anilines is 1. The Morgan fingerprint density at radius 1 is 1.44 bits per heavy atom. The normalized spacial score (nSPS) is 16.9. The van der Waals surface area contributed by atoms with E-state index in [0.29, 0.717) is 37.0 Å². The Hall–Kier alpha value is -2.61. The van der Waals surface area contributed by atoms with Crippen molar-refractivity contribution < 1.29 is 14.3 Å². The molecule has 134 valence electrons. The van der Waals surface area contributed by atoms with Gasteiger partial charge in [0.05, 0.1) is 12.6 Å². The summed E-state index contributed by atoms with van der Waals surface area (Å²) in [6, 6.07) is 7.08. The number of carbonyl (C=O) groups is 1. The zero-order chi connectivity index (χ0) is 17.6. The lowest BCUT2D eigenvalue weighted by atomic mass is 10.2. The van der Waals surface area contributed by atoms with E-state index in [1.165, 1.54) is 0 Å². The first-order valence-corrected chi connectivity index (χ1v) is 8.35. The molecule has 1 aliphatic heterocycles. The van der Waals surface area contributed by atoms with Gasteiger partial charge in [0, 0.05) is 25.4 Å². The van der Waals surface area contributed by atoms with Crippen molar-refractivity contribution in [3.63, 3.8) is 0 Å². The number of methoxy groups -OCH3 is 1. The maximum absolute atomic E-state index is 12.7. The second-order valence-electron chi connectivity index (χ2n) is 5.93. The van der Waals surface area contributed by atoms with Gasteiger partial charge >= 0.3 is 6.03 Å². The first kappa shape index (κ1) is 17.2. The smallest absolute Gasteiger partial charge is 0.322 e. The summed E-state index contributed by atoms with van der Waals surface area (Å²) in [4.78, 5) is 18.8. The molecule has 0 radical (unpaired) electrons. The number of aromatic nitrogens is 3. The van der Waals surface area contributed by atoms with Crippen LogP contribution in [0.15, 0.2) is 24.3 Å². The van der Waals surface area contributed by atoms with Crippen molar-refractivity contribution in [2.45, 2.75) is 25.8 Å². The minimum atomic E-state index is -0.154. The van der Waals surface area contributed by atoms with Gasteiger partial charge in [0.2, 0.25) is 0 Å². The Morgan fingerprint density at radius 2 is 2.32 bits per heavy atom. The van der Waals surface area contributed by atoms with Crippen LogP contribution in [-0.4, -0.2) is 53.0 Å². The molecular formula is C17H23N5O3. The fourth-order valence-electron chi connectivity index (χ4n) is 2.89. The average molecular weight is 345 g/mol. The summed E-state index contributed by atoms with van der Waals surface area (Å²) in [5, 5.41) is 9.98. The van der Waals surface area contributed by atoms with E-state index in [1.807, 2.05) is 25.1 Å². The molecule has 2 amide bonds. The van der Waals surface area contributed by atoms with Gasteiger partial charge in [0.1, 0.15) is 18.2 Å². The highest BCUT2D eigenvalue weighted by atomic mass is 16.5. The summed E-state index contributed by atoms with van der Waals surface area (Å²) in [6.07, 6.45) is 1.80. The first-order chi connectivity index (χ1) is 12.2. The van der Waals surface area contributed by atoms with E-state index in [0.717, 1.165) is 18.7 Å². The van der Waals surface area contributed by atoms with E-state index in [-0.39, 0.29) is 12.1 Å². The highest BCUT2D eigenvalue weighted by molar-refractivity contribution is 5.90. The summed E-state index contributed by atoms with van der Waals surface area (Å²) in [5.74, 6) is 2.11. The number of rotatable bonds is 6. The number of urea groups is 1. The predicted molar refractivity (Wildman–Crippen MR) is 92.6 cm³/mol. The third-order valence-electron chi connectivity index (χ3n) is 4.07. The van der Waals surface area contributed by atoms with Crippen molar-refractivity contribution in [2.75, 3.05) is 32.2 Å². The van der Waals surface area contributed by atoms with Gasteiger partial charge in [-0.2, -0.15) is 5.10 Å². The Labute approximate surface area is 146 Å². The number of carbonyl (C=O) groups excluding carboxylic acids is 1. The molecule has 25 heavy (non-hydrogen) atoms. The number of nitrogens with zero attached hydrogens (tertiary/aromatic N) is 3. The van der Waals surface area contributed by atoms with Gasteiger partial charge in [-0.15, -0.1) is 0 Å². The number of hydrogen-bond donors (Lipinski definition) is 2. The summed E-state index contributed by atoms with van der Waals surface area (Å²) in [7, 11) is 1.63. The molecule has 0 spiro atoms. The molecule has 8 nitrogen and oxygen atoms in total. The van der Waals surface area contributed by atoms with Crippen molar-refractivity contribution in [1.82, 2.24) is 20.1 Å². The number of nitrogens with one attached hydrogen (secondary N) is 2. The SMILES string of the molecule is COCCOc1cccc(NC(=O)N2CCC[C@H]2c2n[nH]c(C)n2)c1. The minimum Gasteiger partial charge on any atom is -0.491 e. The van der Waals surface area contributed by atoms with Gasteiger partial charge in [0.25, 0.3) is 0 Å². The standard InChI is InChI=1S/C17H23N5O3/c1-12-18-16(21-20-12)15-7-4-8-22(15)17(23)19-13-5-3-6-14(11-13)25-10-9-24-2/h3,5-6,11,15H,4,7-10H2,1-2H3,(H,19,23)(H,18,20,21)/t15-/m0/s1. The van der Waals surface area contributed by atoms with Crippen LogP contribution in [0.4, 0.5) is 10.5 Å². The number of ether oxygens (including phenoxy) is 2. The number of aryl methyl sites for hydroxylation is 1. The quantitative estimate of drug-likeness (QED) is 0.785. The van der Waals surface area contributed by atoms with Crippen molar-refractivity contribution in [3.05, 3.63) is 35.9 Å². The topological polar surface area (TPSA) is 92.4 Å². The van der Waals surface area contributed by atoms with Crippen molar-refractivity contribution in [3.8, 4) is 5.75 Å². The van der Waals surface area contributed by atoms with Gasteiger partial charge in [-0.05, 0) is 31.9 Å². The molecule has 0 saturated carbocycles. The second-order valence-corrected chi connectivity index (χ2v) is 5.93. The van der Waals surface area contributed by atoms with E-state index in [9.17, 15) is 4.79 Å². The average Bonchev–Trinajstić information content (AvgIpc) is 3.24. The van der Waals surface area contributed by atoms with Crippen LogP contribution >= 0.6 is 0 Å². The lowest BCUT2D eigenvalue weighted by molar-refractivity contribution is 0.146. The monoisotopic (exact) mass is 345 g/mol. The first-order valence-electron chi connectivity index (χ1n) is 8.35. The largest absolute Gasteiger partial charge is 0.491 e. The third-order valence-corrected chi connectivity index (χ3v) is 4.07. The van der Waals surface area contributed by atoms with Crippen LogP contribution in [0, 0.1) is 6.92 Å². The Balaban J connectivity index is 1.64. The van der Waals surface area contributed by atoms with Gasteiger partial charge < -0.3 is 19.7 Å². The zero-order valence-corrected chi connectivity index (χ0v) is 14.5. The number of benzene rings is 1. The summed E-state index contributed by atoms with van der Waals surface area (Å²) in [5.41, 5.74) is 0.691. The number of amides is 2. The molecule has 2 aromatic rings. The Kier molecular flexibility index (Phi) is 5.49. The van der Waals surface area contributed by atoms with Crippen LogP contribution < -0.4 is 10.1 Å². The molecule has 1 aromatic carbocycles. The van der Waals surface area contributed by atoms with Gasteiger partial charge in [-0.25, -0.2) is 9.78 Å². The van der Waals surface area contributed by atoms with Gasteiger partial charge in [-0.3, -0.25) is 5.10 Å². The molecule has 1 saturated heterocycles. The van der Waals surface area contributed by atoms with Crippen molar-refractivity contribution in [2.24, 2.45) is 0 Å². The molecule has 3 rings (SSSR count). The lowest BCUT2D eigenvalue weighted by Gasteiger charge is -2.23. The van der Waals surface area contributed by atoms with E-state index >= 15 is 0 Å². The molecule has 1 atom stereocenters. The highest BCUT2D eigenvalue weighted by Crippen LogP contribution is 2.30. The van der Waals surface area contributed by atoms with Crippen LogP contribution in [0.25, 0.3) is 0 Å². The maximum Gasteiger partial charge on any atom is 0.322 e. The van der Waals surface area contributed by atoms with E-state index in [2.05, 4.69) is 20.5 Å². The Morgan fingerprint density at radius 3 is 3.08 bits per heavy atom. The molecule has 2 N–H and O–H groups in total. The summed E-state index contributed by atoms with van der Waals surface area (Å²) in [6.45, 7) is 3.52. The number of likely N-dealkylation sites (tertiary alicyclic amines) is 1. The van der Waals surface area contributed by atoms with Crippen LogP contribution in [0.3, 0.4) is 0 Å². The molecule has 8 heteroatoms. The zero-order valence-electron chi connectivity index (χ0n) is 14.5. The molecule has 1 fully saturated rings. The fourth-order valence-corrected chi connectivity index (χ4v) is 2.89. The highest BCUT2D eigenvalue weighted by Gasteiger charge is 2.32. The molecule has 0 unspecified atom stereocenters. The molecule has 1 aliphatic rings. The van der Waals surface area contributed by atoms with Crippen molar-refractivity contribution in [1.29, 1.82) is 0 Å². The van der Waals surface area contributed by atoms with Crippen LogP contribution in [-0.2, 0) is 4.74 Å². The van der Waals surface area contributed by atoms with Crippen LogP contribution in [0.1, 0.15) is 30.5 Å². The number of aromatic amines is 1. The van der Waals surface area contributed by atoms with Gasteiger partial charge in [0.15, 0.2) is 5.82 Å². The van der Waals surface area contributed by atoms with E-state index in [4.69, 9.17) is 9.47 Å². The van der Waals surface area contributed by atoms with Crippen LogP contribution in [0.5, 0.6) is 5.75 Å². The summed E-state index contributed by atoms with van der Waals surface area (Å²) < 4.78 is 10.5. The number of hydrogen-bond acceptors (Lipinski definition) is 5. The third kappa shape index (κ3) is 4.27. The van der Waals surface area contributed by atoms with Gasteiger partial charge in [-0.1, -0.05) is 6.07 Å².